The van der Waals surface area contributed by atoms with Crippen molar-refractivity contribution in [3.05, 3.63) is 35.9 Å². The zero-order valence-corrected chi connectivity index (χ0v) is 14.6. The van der Waals surface area contributed by atoms with Gasteiger partial charge in [-0.05, 0) is 32.5 Å². The topological polar surface area (TPSA) is 49.8 Å². The standard InChI is InChI=1S/C20H27NO3/c1-21(2)15-9-10-16-24-19(22)20(23,17-11-5-3-6-12-17)18-13-7-4-8-14-18/h3,5-6,11-12,18,23H,4,7-8,13-16H2,1-2H3/t20-/m0/s1. The zero-order valence-electron chi connectivity index (χ0n) is 14.6. The highest BCUT2D eigenvalue weighted by Gasteiger charge is 2.46. The van der Waals surface area contributed by atoms with Crippen LogP contribution in [0.4, 0.5) is 0 Å². The summed E-state index contributed by atoms with van der Waals surface area (Å²) in [6.45, 7) is 0.623. The maximum atomic E-state index is 12.7. The van der Waals surface area contributed by atoms with Gasteiger partial charge in [0.05, 0.1) is 6.54 Å². The van der Waals surface area contributed by atoms with Crippen molar-refractivity contribution in [1.29, 1.82) is 0 Å². The fourth-order valence-electron chi connectivity index (χ4n) is 3.21. The Bertz CT molecular complexity index is 582. The molecule has 0 heterocycles. The zero-order chi connectivity index (χ0) is 17.4. The average Bonchev–Trinajstić information content (AvgIpc) is 2.61. The highest BCUT2D eigenvalue weighted by molar-refractivity contribution is 5.81. The molecule has 2 rings (SSSR count). The summed E-state index contributed by atoms with van der Waals surface area (Å²) in [6, 6.07) is 9.16. The Morgan fingerprint density at radius 3 is 2.50 bits per heavy atom. The molecule has 1 N–H and O–H groups in total. The minimum Gasteiger partial charge on any atom is -0.450 e. The van der Waals surface area contributed by atoms with Gasteiger partial charge in [-0.15, -0.1) is 0 Å². The van der Waals surface area contributed by atoms with Gasteiger partial charge in [0.15, 0.2) is 12.2 Å². The first-order valence-electron chi connectivity index (χ1n) is 8.60. The molecule has 1 aliphatic rings. The lowest BCUT2D eigenvalue weighted by molar-refractivity contribution is -0.174. The molecule has 1 aromatic carbocycles. The number of hydrogen-bond acceptors (Lipinski definition) is 4. The number of benzene rings is 1. The van der Waals surface area contributed by atoms with Crippen molar-refractivity contribution < 1.29 is 14.6 Å². The molecule has 1 aliphatic carbocycles. The number of ether oxygens (including phenoxy) is 1. The van der Waals surface area contributed by atoms with Crippen molar-refractivity contribution >= 4 is 5.97 Å². The summed E-state index contributed by atoms with van der Waals surface area (Å²) in [5, 5.41) is 11.3. The second-order valence-corrected chi connectivity index (χ2v) is 6.63. The van der Waals surface area contributed by atoms with Crippen LogP contribution in [-0.4, -0.2) is 43.2 Å². The molecule has 4 heteroatoms. The minimum atomic E-state index is -1.58. The summed E-state index contributed by atoms with van der Waals surface area (Å²) in [5.74, 6) is 5.07. The van der Waals surface area contributed by atoms with E-state index in [-0.39, 0.29) is 12.5 Å². The molecule has 0 aliphatic heterocycles. The first kappa shape index (κ1) is 18.5. The van der Waals surface area contributed by atoms with Crippen molar-refractivity contribution in [3.8, 4) is 11.8 Å². The van der Waals surface area contributed by atoms with E-state index in [1.54, 1.807) is 12.1 Å². The predicted octanol–water partition coefficient (Wildman–Crippen LogP) is 2.56. The first-order chi connectivity index (χ1) is 11.5. The van der Waals surface area contributed by atoms with Crippen LogP contribution in [-0.2, 0) is 15.1 Å². The van der Waals surface area contributed by atoms with Gasteiger partial charge in [0.1, 0.15) is 0 Å². The van der Waals surface area contributed by atoms with Crippen LogP contribution in [0.25, 0.3) is 0 Å². The smallest absolute Gasteiger partial charge is 0.344 e. The predicted molar refractivity (Wildman–Crippen MR) is 94.2 cm³/mol. The molecular weight excluding hydrogens is 302 g/mol. The van der Waals surface area contributed by atoms with E-state index in [0.29, 0.717) is 12.1 Å². The summed E-state index contributed by atoms with van der Waals surface area (Å²) < 4.78 is 5.32. The van der Waals surface area contributed by atoms with Gasteiger partial charge in [0, 0.05) is 5.92 Å². The number of rotatable bonds is 5. The molecule has 0 spiro atoms. The van der Waals surface area contributed by atoms with Crippen LogP contribution in [0.2, 0.25) is 0 Å². The Kier molecular flexibility index (Phi) is 6.84. The van der Waals surface area contributed by atoms with Crippen LogP contribution >= 0.6 is 0 Å². The summed E-state index contributed by atoms with van der Waals surface area (Å²) in [6.07, 6.45) is 4.91. The van der Waals surface area contributed by atoms with E-state index in [9.17, 15) is 9.90 Å². The number of aliphatic hydroxyl groups is 1. The Balaban J connectivity index is 2.13. The fourth-order valence-corrected chi connectivity index (χ4v) is 3.21. The van der Waals surface area contributed by atoms with Crippen LogP contribution in [0.1, 0.15) is 37.7 Å². The quantitative estimate of drug-likeness (QED) is 0.666. The van der Waals surface area contributed by atoms with Crippen molar-refractivity contribution in [1.82, 2.24) is 4.90 Å². The van der Waals surface area contributed by atoms with Gasteiger partial charge in [-0.3, -0.25) is 4.90 Å². The van der Waals surface area contributed by atoms with Gasteiger partial charge >= 0.3 is 5.97 Å². The fraction of sp³-hybridized carbons (Fsp3) is 0.550. The van der Waals surface area contributed by atoms with Gasteiger partial charge in [0.25, 0.3) is 0 Å². The molecule has 1 saturated carbocycles. The highest BCUT2D eigenvalue weighted by Crippen LogP contribution is 2.40. The molecule has 4 nitrogen and oxygen atoms in total. The summed E-state index contributed by atoms with van der Waals surface area (Å²) in [7, 11) is 3.86. The number of esters is 1. The van der Waals surface area contributed by atoms with Crippen LogP contribution in [0.15, 0.2) is 30.3 Å². The Morgan fingerprint density at radius 2 is 1.88 bits per heavy atom. The first-order valence-corrected chi connectivity index (χ1v) is 8.60. The van der Waals surface area contributed by atoms with Crippen molar-refractivity contribution in [2.75, 3.05) is 27.2 Å². The normalized spacial score (nSPS) is 17.7. The largest absolute Gasteiger partial charge is 0.450 e. The molecule has 0 radical (unpaired) electrons. The van der Waals surface area contributed by atoms with Crippen LogP contribution in [0.5, 0.6) is 0 Å². The molecular formula is C20H27NO3. The number of nitrogens with zero attached hydrogens (tertiary/aromatic N) is 1. The van der Waals surface area contributed by atoms with Gasteiger partial charge in [-0.25, -0.2) is 4.79 Å². The minimum absolute atomic E-state index is 0.00847. The average molecular weight is 329 g/mol. The molecule has 0 bridgehead atoms. The van der Waals surface area contributed by atoms with E-state index >= 15 is 0 Å². The third-order valence-electron chi connectivity index (χ3n) is 4.52. The maximum absolute atomic E-state index is 12.7. The lowest BCUT2D eigenvalue weighted by Crippen LogP contribution is -2.45. The molecule has 1 fully saturated rings. The Labute approximate surface area is 144 Å². The van der Waals surface area contributed by atoms with Gasteiger partial charge in [0.2, 0.25) is 0 Å². The van der Waals surface area contributed by atoms with E-state index in [4.69, 9.17) is 4.74 Å². The maximum Gasteiger partial charge on any atom is 0.344 e. The third kappa shape index (κ3) is 4.59. The van der Waals surface area contributed by atoms with Crippen molar-refractivity contribution in [3.63, 3.8) is 0 Å². The Hall–Kier alpha value is -1.83. The highest BCUT2D eigenvalue weighted by atomic mass is 16.5. The Morgan fingerprint density at radius 1 is 1.21 bits per heavy atom. The van der Waals surface area contributed by atoms with E-state index in [0.717, 1.165) is 32.1 Å². The SMILES string of the molecule is CN(C)CC#CCOC(=O)[C@](O)(c1ccccc1)C1CCCCC1. The van der Waals surface area contributed by atoms with Crippen LogP contribution < -0.4 is 0 Å². The number of carbonyl (C=O) groups excluding carboxylic acids is 1. The molecule has 1 aromatic rings. The third-order valence-corrected chi connectivity index (χ3v) is 4.52. The molecule has 130 valence electrons. The number of hydrogen-bond donors (Lipinski definition) is 1. The monoisotopic (exact) mass is 329 g/mol. The van der Waals surface area contributed by atoms with Gasteiger partial charge < -0.3 is 9.84 Å². The molecule has 24 heavy (non-hydrogen) atoms. The second kappa shape index (κ2) is 8.86. The van der Waals surface area contributed by atoms with Crippen LogP contribution in [0, 0.1) is 17.8 Å². The molecule has 0 saturated heterocycles. The van der Waals surface area contributed by atoms with E-state index in [1.165, 1.54) is 0 Å². The second-order valence-electron chi connectivity index (χ2n) is 6.63. The summed E-state index contributed by atoms with van der Waals surface area (Å²) in [4.78, 5) is 14.7. The lowest BCUT2D eigenvalue weighted by Gasteiger charge is -2.36. The van der Waals surface area contributed by atoms with Crippen LogP contribution in [0.3, 0.4) is 0 Å². The summed E-state index contributed by atoms with van der Waals surface area (Å²) in [5.41, 5.74) is -0.964. The van der Waals surface area contributed by atoms with Crippen molar-refractivity contribution in [2.24, 2.45) is 5.92 Å². The van der Waals surface area contributed by atoms with Gasteiger partial charge in [-0.1, -0.05) is 61.4 Å². The van der Waals surface area contributed by atoms with Gasteiger partial charge in [-0.2, -0.15) is 0 Å². The molecule has 0 aromatic heterocycles. The molecule has 0 unspecified atom stereocenters. The van der Waals surface area contributed by atoms with E-state index < -0.39 is 11.6 Å². The van der Waals surface area contributed by atoms with E-state index in [2.05, 4.69) is 11.8 Å². The number of carbonyl (C=O) groups is 1. The van der Waals surface area contributed by atoms with Crippen molar-refractivity contribution in [2.45, 2.75) is 37.7 Å². The summed E-state index contributed by atoms with van der Waals surface area (Å²) >= 11 is 0. The lowest BCUT2D eigenvalue weighted by atomic mass is 9.73. The van der Waals surface area contributed by atoms with E-state index in [1.807, 2.05) is 37.2 Å². The molecule has 1 atom stereocenters. The molecule has 0 amide bonds.